The van der Waals surface area contributed by atoms with Crippen molar-refractivity contribution in [1.82, 2.24) is 5.32 Å². The maximum Gasteiger partial charge on any atom is 0.170 e. The highest BCUT2D eigenvalue weighted by molar-refractivity contribution is 5.97. The van der Waals surface area contributed by atoms with Gasteiger partial charge in [-0.1, -0.05) is 24.2 Å². The van der Waals surface area contributed by atoms with Crippen molar-refractivity contribution in [3.8, 4) is 0 Å². The molecule has 1 aliphatic carbocycles. The molecule has 104 valence electrons. The van der Waals surface area contributed by atoms with E-state index < -0.39 is 0 Å². The number of rotatable bonds is 6. The first kappa shape index (κ1) is 13.9. The Kier molecular flexibility index (Phi) is 4.10. The highest BCUT2D eigenvalue weighted by atomic mass is 16.4. The van der Waals surface area contributed by atoms with Crippen molar-refractivity contribution in [3.63, 3.8) is 0 Å². The Morgan fingerprint density at radius 2 is 2.21 bits per heavy atom. The lowest BCUT2D eigenvalue weighted by atomic mass is 10.0. The quantitative estimate of drug-likeness (QED) is 0.319. The number of oxime groups is 1. The highest BCUT2D eigenvalue weighted by Gasteiger charge is 2.39. The monoisotopic (exact) mass is 261 g/mol. The number of benzene rings is 1. The molecular formula is C15H23N3O. The van der Waals surface area contributed by atoms with Crippen LogP contribution >= 0.6 is 0 Å². The summed E-state index contributed by atoms with van der Waals surface area (Å²) in [7, 11) is 0. The molecule has 0 amide bonds. The lowest BCUT2D eigenvalue weighted by Gasteiger charge is -2.14. The van der Waals surface area contributed by atoms with E-state index in [1.807, 2.05) is 18.2 Å². The topological polar surface area (TPSA) is 70.6 Å². The molecule has 19 heavy (non-hydrogen) atoms. The first-order valence-corrected chi connectivity index (χ1v) is 6.88. The number of hydrogen-bond acceptors (Lipinski definition) is 3. The molecule has 1 aliphatic rings. The molecule has 4 nitrogen and oxygen atoms in total. The molecule has 1 fully saturated rings. The van der Waals surface area contributed by atoms with Crippen molar-refractivity contribution in [2.24, 2.45) is 16.3 Å². The molecule has 0 saturated heterocycles. The van der Waals surface area contributed by atoms with Gasteiger partial charge in [-0.25, -0.2) is 0 Å². The van der Waals surface area contributed by atoms with Crippen LogP contribution in [0.5, 0.6) is 0 Å². The van der Waals surface area contributed by atoms with Crippen LogP contribution in [0.3, 0.4) is 0 Å². The molecule has 1 aromatic carbocycles. The van der Waals surface area contributed by atoms with Gasteiger partial charge in [0, 0.05) is 18.7 Å². The zero-order valence-electron chi connectivity index (χ0n) is 11.7. The normalized spacial score (nSPS) is 17.5. The summed E-state index contributed by atoms with van der Waals surface area (Å²) >= 11 is 0. The molecular weight excluding hydrogens is 238 g/mol. The minimum atomic E-state index is 0.158. The van der Waals surface area contributed by atoms with Crippen LogP contribution in [0.1, 0.15) is 42.9 Å². The second kappa shape index (κ2) is 5.61. The third kappa shape index (κ3) is 3.26. The van der Waals surface area contributed by atoms with Gasteiger partial charge in [-0.15, -0.1) is 0 Å². The van der Waals surface area contributed by atoms with Crippen molar-refractivity contribution in [3.05, 3.63) is 34.9 Å². The molecule has 4 heteroatoms. The highest BCUT2D eigenvalue weighted by Crippen LogP contribution is 2.47. The summed E-state index contributed by atoms with van der Waals surface area (Å²) in [4.78, 5) is 0. The summed E-state index contributed by atoms with van der Waals surface area (Å²) < 4.78 is 0. The number of amidine groups is 1. The predicted octanol–water partition coefficient (Wildman–Crippen LogP) is 2.37. The van der Waals surface area contributed by atoms with Crippen molar-refractivity contribution in [2.75, 3.05) is 6.54 Å². The molecule has 0 unspecified atom stereocenters. The van der Waals surface area contributed by atoms with Crippen LogP contribution in [0, 0.1) is 12.3 Å². The molecule has 0 bridgehead atoms. The van der Waals surface area contributed by atoms with Gasteiger partial charge in [0.15, 0.2) is 5.84 Å². The number of nitrogens with one attached hydrogen (secondary N) is 1. The molecule has 1 saturated carbocycles. The lowest BCUT2D eigenvalue weighted by molar-refractivity contribution is 0.318. The van der Waals surface area contributed by atoms with Crippen molar-refractivity contribution in [2.45, 2.75) is 39.7 Å². The van der Waals surface area contributed by atoms with E-state index in [4.69, 9.17) is 10.9 Å². The van der Waals surface area contributed by atoms with Gasteiger partial charge in [0.25, 0.3) is 0 Å². The van der Waals surface area contributed by atoms with Gasteiger partial charge in [0.05, 0.1) is 0 Å². The molecule has 1 aromatic rings. The molecule has 0 aromatic heterocycles. The fourth-order valence-electron chi connectivity index (χ4n) is 2.41. The summed E-state index contributed by atoms with van der Waals surface area (Å²) in [6.07, 6.45) is 3.98. The molecule has 2 rings (SSSR count). The van der Waals surface area contributed by atoms with E-state index in [2.05, 4.69) is 24.3 Å². The summed E-state index contributed by atoms with van der Waals surface area (Å²) in [5, 5.41) is 15.2. The smallest absolute Gasteiger partial charge is 0.170 e. The Bertz CT molecular complexity index is 478. The van der Waals surface area contributed by atoms with E-state index in [0.717, 1.165) is 24.2 Å². The SMILES string of the molecule is CCC1(CNCc2ccc(/C(N)=N/O)cc2C)CC1. The standard InChI is InChI=1S/C15H23N3O/c1-3-15(6-7-15)10-17-9-13-5-4-12(8-11(13)2)14(16)18-19/h4-5,8,17,19H,3,6-7,9-10H2,1-2H3,(H2,16,18). The average Bonchev–Trinajstić information content (AvgIpc) is 3.20. The fourth-order valence-corrected chi connectivity index (χ4v) is 2.41. The summed E-state index contributed by atoms with van der Waals surface area (Å²) in [5.74, 6) is 0.158. The van der Waals surface area contributed by atoms with E-state index in [-0.39, 0.29) is 5.84 Å². The van der Waals surface area contributed by atoms with Crippen LogP contribution in [0.25, 0.3) is 0 Å². The Morgan fingerprint density at radius 1 is 1.47 bits per heavy atom. The van der Waals surface area contributed by atoms with Gasteiger partial charge in [0.2, 0.25) is 0 Å². The van der Waals surface area contributed by atoms with Gasteiger partial charge in [0.1, 0.15) is 0 Å². The molecule has 0 radical (unpaired) electrons. The third-order valence-electron chi connectivity index (χ3n) is 4.27. The first-order chi connectivity index (χ1) is 9.10. The second-order valence-corrected chi connectivity index (χ2v) is 5.58. The van der Waals surface area contributed by atoms with Crippen LogP contribution < -0.4 is 11.1 Å². The summed E-state index contributed by atoms with van der Waals surface area (Å²) in [5.41, 5.74) is 9.34. The van der Waals surface area contributed by atoms with E-state index in [0.29, 0.717) is 5.41 Å². The van der Waals surface area contributed by atoms with E-state index in [1.54, 1.807) is 0 Å². The second-order valence-electron chi connectivity index (χ2n) is 5.58. The number of nitrogens with two attached hydrogens (primary N) is 1. The van der Waals surface area contributed by atoms with Crippen LogP contribution in [-0.4, -0.2) is 17.6 Å². The van der Waals surface area contributed by atoms with Crippen LogP contribution in [0.2, 0.25) is 0 Å². The summed E-state index contributed by atoms with van der Waals surface area (Å²) in [6.45, 7) is 6.30. The molecule has 0 heterocycles. The predicted molar refractivity (Wildman–Crippen MR) is 77.4 cm³/mol. The van der Waals surface area contributed by atoms with Crippen LogP contribution in [0.4, 0.5) is 0 Å². The van der Waals surface area contributed by atoms with Crippen molar-refractivity contribution < 1.29 is 5.21 Å². The van der Waals surface area contributed by atoms with Crippen LogP contribution in [-0.2, 0) is 6.54 Å². The maximum atomic E-state index is 8.66. The van der Waals surface area contributed by atoms with Crippen molar-refractivity contribution in [1.29, 1.82) is 0 Å². The van der Waals surface area contributed by atoms with E-state index in [9.17, 15) is 0 Å². The number of nitrogens with zero attached hydrogens (tertiary/aromatic N) is 1. The van der Waals surface area contributed by atoms with E-state index in [1.165, 1.54) is 24.8 Å². The van der Waals surface area contributed by atoms with Gasteiger partial charge in [-0.2, -0.15) is 0 Å². The molecule has 0 atom stereocenters. The third-order valence-corrected chi connectivity index (χ3v) is 4.27. The molecule has 0 spiro atoms. The van der Waals surface area contributed by atoms with Gasteiger partial charge in [-0.3, -0.25) is 0 Å². The number of hydrogen-bond donors (Lipinski definition) is 3. The van der Waals surface area contributed by atoms with Gasteiger partial charge < -0.3 is 16.3 Å². The zero-order chi connectivity index (χ0) is 13.9. The Balaban J connectivity index is 1.94. The largest absolute Gasteiger partial charge is 0.409 e. The Hall–Kier alpha value is -1.55. The lowest BCUT2D eigenvalue weighted by Crippen LogP contribution is -2.23. The Labute approximate surface area is 114 Å². The maximum absolute atomic E-state index is 8.66. The zero-order valence-corrected chi connectivity index (χ0v) is 11.7. The van der Waals surface area contributed by atoms with Gasteiger partial charge in [-0.05, 0) is 48.8 Å². The molecule has 0 aliphatic heterocycles. The molecule has 4 N–H and O–H groups in total. The Morgan fingerprint density at radius 3 is 2.74 bits per heavy atom. The average molecular weight is 261 g/mol. The van der Waals surface area contributed by atoms with Crippen molar-refractivity contribution >= 4 is 5.84 Å². The summed E-state index contributed by atoms with van der Waals surface area (Å²) in [6, 6.07) is 5.89. The van der Waals surface area contributed by atoms with Crippen LogP contribution in [0.15, 0.2) is 23.4 Å². The first-order valence-electron chi connectivity index (χ1n) is 6.88. The van der Waals surface area contributed by atoms with Gasteiger partial charge >= 0.3 is 0 Å². The minimum absolute atomic E-state index is 0.158. The minimum Gasteiger partial charge on any atom is -0.409 e. The van der Waals surface area contributed by atoms with E-state index >= 15 is 0 Å². The fraction of sp³-hybridized carbons (Fsp3) is 0.533. The number of aryl methyl sites for hydroxylation is 1.